The van der Waals surface area contributed by atoms with Crippen LogP contribution < -0.4 is 5.73 Å². The summed E-state index contributed by atoms with van der Waals surface area (Å²) in [5, 5.41) is 8.17. The van der Waals surface area contributed by atoms with E-state index in [0.29, 0.717) is 31.4 Å². The van der Waals surface area contributed by atoms with Gasteiger partial charge in [-0.25, -0.2) is 4.68 Å². The van der Waals surface area contributed by atoms with E-state index in [-0.39, 0.29) is 12.3 Å². The molecule has 0 bridgehead atoms. The number of amides is 1. The molecular formula is C13H24N4O2. The Kier molecular flexibility index (Phi) is 6.49. The highest BCUT2D eigenvalue weighted by molar-refractivity contribution is 5.76. The Morgan fingerprint density at radius 2 is 2.21 bits per heavy atom. The molecule has 0 saturated carbocycles. The lowest BCUT2D eigenvalue weighted by molar-refractivity contribution is -0.117. The molecule has 0 unspecified atom stereocenters. The lowest BCUT2D eigenvalue weighted by Gasteiger charge is -2.09. The third-order valence-corrected chi connectivity index (χ3v) is 2.87. The van der Waals surface area contributed by atoms with E-state index in [4.69, 9.17) is 10.5 Å². The molecule has 6 heteroatoms. The smallest absolute Gasteiger partial charge is 0.223 e. The van der Waals surface area contributed by atoms with E-state index >= 15 is 0 Å². The first-order valence-corrected chi connectivity index (χ1v) is 6.81. The summed E-state index contributed by atoms with van der Waals surface area (Å²) in [6.07, 6.45) is 2.05. The van der Waals surface area contributed by atoms with Crippen molar-refractivity contribution in [2.24, 2.45) is 11.7 Å². The highest BCUT2D eigenvalue weighted by atomic mass is 16.5. The summed E-state index contributed by atoms with van der Waals surface area (Å²) < 4.78 is 7.16. The molecule has 19 heavy (non-hydrogen) atoms. The lowest BCUT2D eigenvalue weighted by atomic mass is 10.0. The molecule has 1 aromatic heterocycles. The van der Waals surface area contributed by atoms with Crippen molar-refractivity contribution in [3.8, 4) is 0 Å². The highest BCUT2D eigenvalue weighted by Crippen LogP contribution is 2.13. The minimum atomic E-state index is -0.373. The van der Waals surface area contributed by atoms with Gasteiger partial charge in [-0.1, -0.05) is 19.1 Å². The van der Waals surface area contributed by atoms with Crippen LogP contribution in [0, 0.1) is 5.92 Å². The van der Waals surface area contributed by atoms with Crippen molar-refractivity contribution >= 4 is 5.91 Å². The molecule has 1 rings (SSSR count). The Balaban J connectivity index is 2.77. The van der Waals surface area contributed by atoms with Gasteiger partial charge in [0.2, 0.25) is 5.91 Å². The van der Waals surface area contributed by atoms with Crippen molar-refractivity contribution in [2.75, 3.05) is 13.2 Å². The number of hydrogen-bond donors (Lipinski definition) is 1. The highest BCUT2D eigenvalue weighted by Gasteiger charge is 2.15. The van der Waals surface area contributed by atoms with Crippen molar-refractivity contribution < 1.29 is 9.53 Å². The maximum Gasteiger partial charge on any atom is 0.223 e. The molecular weight excluding hydrogens is 244 g/mol. The van der Waals surface area contributed by atoms with Crippen LogP contribution >= 0.6 is 0 Å². The summed E-state index contributed by atoms with van der Waals surface area (Å²) in [5.74, 6) is 0.222. The van der Waals surface area contributed by atoms with Crippen LogP contribution in [0.3, 0.4) is 0 Å². The van der Waals surface area contributed by atoms with Gasteiger partial charge in [0.05, 0.1) is 31.0 Å². The van der Waals surface area contributed by atoms with Gasteiger partial charge in [0.15, 0.2) is 0 Å². The van der Waals surface area contributed by atoms with Crippen LogP contribution in [0.25, 0.3) is 0 Å². The van der Waals surface area contributed by atoms with E-state index in [1.165, 1.54) is 0 Å². The van der Waals surface area contributed by atoms with Crippen molar-refractivity contribution in [3.05, 3.63) is 11.4 Å². The van der Waals surface area contributed by atoms with Crippen LogP contribution in [-0.2, 0) is 28.9 Å². The third-order valence-electron chi connectivity index (χ3n) is 2.87. The molecule has 1 amide bonds. The van der Waals surface area contributed by atoms with Crippen molar-refractivity contribution in [1.29, 1.82) is 0 Å². The van der Waals surface area contributed by atoms with Crippen LogP contribution in [0.1, 0.15) is 38.6 Å². The maximum absolute atomic E-state index is 11.0. The Morgan fingerprint density at radius 1 is 1.47 bits per heavy atom. The second-order valence-corrected chi connectivity index (χ2v) is 4.98. The molecule has 108 valence electrons. The molecule has 0 fully saturated rings. The van der Waals surface area contributed by atoms with E-state index in [0.717, 1.165) is 18.5 Å². The summed E-state index contributed by atoms with van der Waals surface area (Å²) in [6.45, 7) is 8.24. The fraction of sp³-hybridized carbons (Fsp3) is 0.769. The quantitative estimate of drug-likeness (QED) is 0.675. The number of carbonyl (C=O) groups excluding carboxylic acids is 1. The molecule has 0 aromatic carbocycles. The van der Waals surface area contributed by atoms with E-state index in [9.17, 15) is 4.79 Å². The van der Waals surface area contributed by atoms with Gasteiger partial charge in [-0.3, -0.25) is 4.79 Å². The topological polar surface area (TPSA) is 83.0 Å². The first-order chi connectivity index (χ1) is 9.04. The SMILES string of the molecule is CCOCCn1nnc(CC(N)=O)c1CCC(C)C. The average molecular weight is 268 g/mol. The number of nitrogens with two attached hydrogens (primary N) is 1. The molecule has 1 heterocycles. The maximum atomic E-state index is 11.0. The largest absolute Gasteiger partial charge is 0.380 e. The Bertz CT molecular complexity index is 401. The van der Waals surface area contributed by atoms with Crippen molar-refractivity contribution in [1.82, 2.24) is 15.0 Å². The second-order valence-electron chi connectivity index (χ2n) is 4.98. The number of hydrogen-bond acceptors (Lipinski definition) is 4. The monoisotopic (exact) mass is 268 g/mol. The zero-order valence-electron chi connectivity index (χ0n) is 12.1. The first kappa shape index (κ1) is 15.6. The van der Waals surface area contributed by atoms with Crippen LogP contribution in [0.5, 0.6) is 0 Å². The number of ether oxygens (including phenoxy) is 1. The fourth-order valence-corrected chi connectivity index (χ4v) is 1.84. The molecule has 6 nitrogen and oxygen atoms in total. The van der Waals surface area contributed by atoms with Crippen LogP contribution in [0.15, 0.2) is 0 Å². The Morgan fingerprint density at radius 3 is 2.79 bits per heavy atom. The average Bonchev–Trinajstić information content (AvgIpc) is 2.68. The summed E-state index contributed by atoms with van der Waals surface area (Å²) in [4.78, 5) is 11.0. The molecule has 0 spiro atoms. The van der Waals surface area contributed by atoms with Gasteiger partial charge in [-0.15, -0.1) is 5.10 Å². The number of primary amides is 1. The van der Waals surface area contributed by atoms with Gasteiger partial charge >= 0.3 is 0 Å². The van der Waals surface area contributed by atoms with Crippen LogP contribution in [0.4, 0.5) is 0 Å². The van der Waals surface area contributed by atoms with Gasteiger partial charge in [-0.2, -0.15) is 0 Å². The normalized spacial score (nSPS) is 11.2. The van der Waals surface area contributed by atoms with Gasteiger partial charge in [0.1, 0.15) is 0 Å². The molecule has 0 atom stereocenters. The molecule has 0 aliphatic rings. The number of nitrogens with zero attached hydrogens (tertiary/aromatic N) is 3. The van der Waals surface area contributed by atoms with Crippen molar-refractivity contribution in [3.63, 3.8) is 0 Å². The predicted octanol–water partition coefficient (Wildman–Crippen LogP) is 0.931. The second kappa shape index (κ2) is 7.89. The standard InChI is InChI=1S/C13H24N4O2/c1-4-19-8-7-17-12(6-5-10(2)3)11(15-16-17)9-13(14)18/h10H,4-9H2,1-3H3,(H2,14,18). The Hall–Kier alpha value is -1.43. The zero-order chi connectivity index (χ0) is 14.3. The van der Waals surface area contributed by atoms with E-state index in [1.54, 1.807) is 0 Å². The third kappa shape index (κ3) is 5.38. The van der Waals surface area contributed by atoms with Gasteiger partial charge < -0.3 is 10.5 Å². The summed E-state index contributed by atoms with van der Waals surface area (Å²) >= 11 is 0. The molecule has 1 aromatic rings. The van der Waals surface area contributed by atoms with E-state index in [1.807, 2.05) is 11.6 Å². The summed E-state index contributed by atoms with van der Waals surface area (Å²) in [7, 11) is 0. The number of carbonyl (C=O) groups is 1. The van der Waals surface area contributed by atoms with Gasteiger partial charge in [0, 0.05) is 6.61 Å². The molecule has 2 N–H and O–H groups in total. The fourth-order valence-electron chi connectivity index (χ4n) is 1.84. The minimum absolute atomic E-state index is 0.155. The van der Waals surface area contributed by atoms with Crippen molar-refractivity contribution in [2.45, 2.75) is 46.6 Å². The van der Waals surface area contributed by atoms with E-state index < -0.39 is 0 Å². The molecule has 0 aliphatic heterocycles. The number of aromatic nitrogens is 3. The first-order valence-electron chi connectivity index (χ1n) is 6.81. The lowest BCUT2D eigenvalue weighted by Crippen LogP contribution is -2.16. The predicted molar refractivity (Wildman–Crippen MR) is 72.6 cm³/mol. The zero-order valence-corrected chi connectivity index (χ0v) is 12.1. The molecule has 0 saturated heterocycles. The van der Waals surface area contributed by atoms with Crippen LogP contribution in [-0.4, -0.2) is 34.1 Å². The summed E-state index contributed by atoms with van der Waals surface area (Å²) in [5.41, 5.74) is 6.94. The number of rotatable bonds is 9. The van der Waals surface area contributed by atoms with Gasteiger partial charge in [0.25, 0.3) is 0 Å². The minimum Gasteiger partial charge on any atom is -0.380 e. The molecule has 0 aliphatic carbocycles. The van der Waals surface area contributed by atoms with E-state index in [2.05, 4.69) is 24.2 Å². The van der Waals surface area contributed by atoms with Crippen LogP contribution in [0.2, 0.25) is 0 Å². The van der Waals surface area contributed by atoms with Gasteiger partial charge in [-0.05, 0) is 25.7 Å². The summed E-state index contributed by atoms with van der Waals surface area (Å²) in [6, 6.07) is 0. The molecule has 0 radical (unpaired) electrons. The Labute approximate surface area is 114 Å².